The van der Waals surface area contributed by atoms with E-state index in [1.807, 2.05) is 30.3 Å². The van der Waals surface area contributed by atoms with Crippen LogP contribution in [0.2, 0.25) is 0 Å². The van der Waals surface area contributed by atoms with E-state index in [2.05, 4.69) is 20.7 Å². The van der Waals surface area contributed by atoms with E-state index >= 15 is 0 Å². The fourth-order valence-electron chi connectivity index (χ4n) is 1.62. The molecule has 0 unspecified atom stereocenters. The zero-order valence-corrected chi connectivity index (χ0v) is 10.4. The van der Waals surface area contributed by atoms with Crippen molar-refractivity contribution in [3.63, 3.8) is 0 Å². The van der Waals surface area contributed by atoms with Gasteiger partial charge in [-0.05, 0) is 5.56 Å². The Bertz CT molecular complexity index is 540. The molecule has 19 heavy (non-hydrogen) atoms. The number of nitrogens with zero attached hydrogens (tertiary/aromatic N) is 3. The van der Waals surface area contributed by atoms with Gasteiger partial charge in [0.25, 0.3) is 0 Å². The van der Waals surface area contributed by atoms with Gasteiger partial charge in [-0.15, -0.1) is 0 Å². The van der Waals surface area contributed by atoms with Gasteiger partial charge in [0.15, 0.2) is 0 Å². The Morgan fingerprint density at radius 3 is 2.74 bits per heavy atom. The van der Waals surface area contributed by atoms with Gasteiger partial charge in [0.1, 0.15) is 6.33 Å². The third-order valence-corrected chi connectivity index (χ3v) is 2.63. The summed E-state index contributed by atoms with van der Waals surface area (Å²) in [6.45, 7) is -0.184. The van der Waals surface area contributed by atoms with Gasteiger partial charge in [0, 0.05) is 7.05 Å². The summed E-state index contributed by atoms with van der Waals surface area (Å²) in [5, 5.41) is 18.4. The summed E-state index contributed by atoms with van der Waals surface area (Å²) >= 11 is 0. The van der Waals surface area contributed by atoms with Gasteiger partial charge in [0.05, 0.1) is 12.6 Å². The highest BCUT2D eigenvalue weighted by atomic mass is 16.3. The van der Waals surface area contributed by atoms with Crippen LogP contribution in [0.1, 0.15) is 11.6 Å². The first kappa shape index (κ1) is 13.0. The lowest BCUT2D eigenvalue weighted by Crippen LogP contribution is -2.35. The molecule has 3 N–H and O–H groups in total. The number of aryl methyl sites for hydroxylation is 1. The Balaban J connectivity index is 1.99. The molecule has 0 radical (unpaired) electrons. The summed E-state index contributed by atoms with van der Waals surface area (Å²) in [4.78, 5) is 15.7. The van der Waals surface area contributed by atoms with Crippen molar-refractivity contribution in [2.45, 2.75) is 6.04 Å². The van der Waals surface area contributed by atoms with Crippen molar-refractivity contribution in [3.05, 3.63) is 42.2 Å². The van der Waals surface area contributed by atoms with Crippen LogP contribution in [-0.2, 0) is 7.05 Å². The minimum atomic E-state index is -0.463. The largest absolute Gasteiger partial charge is 0.394 e. The molecule has 0 spiro atoms. The number of amides is 2. The van der Waals surface area contributed by atoms with E-state index in [0.29, 0.717) is 5.95 Å². The molecule has 100 valence electrons. The van der Waals surface area contributed by atoms with E-state index < -0.39 is 12.1 Å². The Morgan fingerprint density at radius 2 is 2.16 bits per heavy atom. The Morgan fingerprint density at radius 1 is 1.42 bits per heavy atom. The SMILES string of the molecule is Cn1ncnc1NC(=O)N[C@H](CO)c1ccccc1. The highest BCUT2D eigenvalue weighted by molar-refractivity contribution is 5.87. The molecule has 0 aliphatic rings. The third-order valence-electron chi connectivity index (χ3n) is 2.63. The molecule has 0 saturated carbocycles. The Labute approximate surface area is 110 Å². The number of anilines is 1. The molecule has 0 aliphatic carbocycles. The van der Waals surface area contributed by atoms with Gasteiger partial charge < -0.3 is 10.4 Å². The molecule has 2 amide bonds. The van der Waals surface area contributed by atoms with E-state index in [1.54, 1.807) is 7.05 Å². The molecule has 1 atom stereocenters. The molecule has 1 heterocycles. The second kappa shape index (κ2) is 5.96. The van der Waals surface area contributed by atoms with Crippen LogP contribution in [0.4, 0.5) is 10.7 Å². The first-order valence-corrected chi connectivity index (χ1v) is 5.78. The predicted octanol–water partition coefficient (Wildman–Crippen LogP) is 0.670. The zero-order valence-electron chi connectivity index (χ0n) is 10.4. The van der Waals surface area contributed by atoms with Crippen LogP contribution in [-0.4, -0.2) is 32.5 Å². The van der Waals surface area contributed by atoms with Crippen molar-refractivity contribution in [1.29, 1.82) is 0 Å². The van der Waals surface area contributed by atoms with Gasteiger partial charge in [-0.1, -0.05) is 30.3 Å². The summed E-state index contributed by atoms with van der Waals surface area (Å²) in [5.41, 5.74) is 0.832. The number of aromatic nitrogens is 3. The lowest BCUT2D eigenvalue weighted by molar-refractivity contribution is 0.225. The quantitative estimate of drug-likeness (QED) is 0.754. The molecule has 2 rings (SSSR count). The molecule has 7 heteroatoms. The predicted molar refractivity (Wildman–Crippen MR) is 69.4 cm³/mol. The van der Waals surface area contributed by atoms with Crippen molar-refractivity contribution in [1.82, 2.24) is 20.1 Å². The molecule has 0 aliphatic heterocycles. The van der Waals surface area contributed by atoms with E-state index in [-0.39, 0.29) is 6.61 Å². The van der Waals surface area contributed by atoms with Crippen molar-refractivity contribution in [2.75, 3.05) is 11.9 Å². The normalized spacial score (nSPS) is 11.9. The van der Waals surface area contributed by atoms with Gasteiger partial charge in [0.2, 0.25) is 5.95 Å². The number of benzene rings is 1. The van der Waals surface area contributed by atoms with Crippen LogP contribution in [0, 0.1) is 0 Å². The number of rotatable bonds is 4. The summed E-state index contributed by atoms with van der Waals surface area (Å²) in [6, 6.07) is 8.33. The number of nitrogens with one attached hydrogen (secondary N) is 2. The summed E-state index contributed by atoms with van der Waals surface area (Å²) < 4.78 is 1.44. The number of hydrogen-bond donors (Lipinski definition) is 3. The highest BCUT2D eigenvalue weighted by Crippen LogP contribution is 2.11. The molecule has 1 aromatic heterocycles. The molecule has 7 nitrogen and oxygen atoms in total. The van der Waals surface area contributed by atoms with Crippen molar-refractivity contribution < 1.29 is 9.90 Å². The number of carbonyl (C=O) groups excluding carboxylic acids is 1. The maximum Gasteiger partial charge on any atom is 0.322 e. The summed E-state index contributed by atoms with van der Waals surface area (Å²) in [5.74, 6) is 0.335. The van der Waals surface area contributed by atoms with Crippen LogP contribution in [0.5, 0.6) is 0 Å². The Kier molecular flexibility index (Phi) is 4.09. The molecule has 1 aromatic carbocycles. The van der Waals surface area contributed by atoms with Crippen LogP contribution in [0.25, 0.3) is 0 Å². The number of aliphatic hydroxyl groups excluding tert-OH is 1. The number of urea groups is 1. The fourth-order valence-corrected chi connectivity index (χ4v) is 1.62. The average molecular weight is 261 g/mol. The monoisotopic (exact) mass is 261 g/mol. The fraction of sp³-hybridized carbons (Fsp3) is 0.250. The molecular weight excluding hydrogens is 246 g/mol. The summed E-state index contributed by atoms with van der Waals surface area (Å²) in [6.07, 6.45) is 1.34. The third kappa shape index (κ3) is 3.29. The standard InChI is InChI=1S/C12H15N5O2/c1-17-11(13-8-14-17)16-12(19)15-10(7-18)9-5-3-2-4-6-9/h2-6,8,10,18H,7H2,1H3,(H2,13,14,15,16,19)/t10-/m1/s1. The van der Waals surface area contributed by atoms with Crippen LogP contribution in [0.15, 0.2) is 36.7 Å². The van der Waals surface area contributed by atoms with E-state index in [1.165, 1.54) is 11.0 Å². The van der Waals surface area contributed by atoms with Crippen LogP contribution < -0.4 is 10.6 Å². The lowest BCUT2D eigenvalue weighted by Gasteiger charge is -2.16. The van der Waals surface area contributed by atoms with E-state index in [9.17, 15) is 9.90 Å². The second-order valence-electron chi connectivity index (χ2n) is 3.95. The zero-order chi connectivity index (χ0) is 13.7. The molecule has 0 bridgehead atoms. The number of aliphatic hydroxyl groups is 1. The van der Waals surface area contributed by atoms with Crippen molar-refractivity contribution in [3.8, 4) is 0 Å². The number of hydrogen-bond acceptors (Lipinski definition) is 4. The Hall–Kier alpha value is -2.41. The van der Waals surface area contributed by atoms with Crippen LogP contribution >= 0.6 is 0 Å². The highest BCUT2D eigenvalue weighted by Gasteiger charge is 2.14. The first-order valence-electron chi connectivity index (χ1n) is 5.78. The maximum atomic E-state index is 11.8. The van der Waals surface area contributed by atoms with Crippen LogP contribution in [0.3, 0.4) is 0 Å². The van der Waals surface area contributed by atoms with Crippen molar-refractivity contribution >= 4 is 12.0 Å². The van der Waals surface area contributed by atoms with Gasteiger partial charge >= 0.3 is 6.03 Å². The summed E-state index contributed by atoms with van der Waals surface area (Å²) in [7, 11) is 1.67. The minimum Gasteiger partial charge on any atom is -0.394 e. The maximum absolute atomic E-state index is 11.8. The van der Waals surface area contributed by atoms with Gasteiger partial charge in [-0.2, -0.15) is 10.1 Å². The van der Waals surface area contributed by atoms with E-state index in [4.69, 9.17) is 0 Å². The molecule has 0 saturated heterocycles. The van der Waals surface area contributed by atoms with Gasteiger partial charge in [-0.3, -0.25) is 5.32 Å². The average Bonchev–Trinajstić information content (AvgIpc) is 2.82. The second-order valence-corrected chi connectivity index (χ2v) is 3.95. The van der Waals surface area contributed by atoms with Crippen molar-refractivity contribution in [2.24, 2.45) is 7.05 Å². The smallest absolute Gasteiger partial charge is 0.322 e. The number of carbonyl (C=O) groups is 1. The lowest BCUT2D eigenvalue weighted by atomic mass is 10.1. The van der Waals surface area contributed by atoms with E-state index in [0.717, 1.165) is 5.56 Å². The van der Waals surface area contributed by atoms with Gasteiger partial charge in [-0.25, -0.2) is 9.48 Å². The topological polar surface area (TPSA) is 92.1 Å². The molecule has 2 aromatic rings. The minimum absolute atomic E-state index is 0.184. The molecular formula is C12H15N5O2. The molecule has 0 fully saturated rings. The first-order chi connectivity index (χ1) is 9.20.